The third-order valence-corrected chi connectivity index (χ3v) is 11.7. The van der Waals surface area contributed by atoms with Gasteiger partial charge in [0.25, 0.3) is 0 Å². The van der Waals surface area contributed by atoms with Crippen LogP contribution in [0.4, 0.5) is 0 Å². The monoisotopic (exact) mass is 776 g/mol. The minimum absolute atomic E-state index is 0.348. The SMILES string of the molecule is Cc1cc(C)c(-c2c3nc(c(-c4ccc(CC#N)cc4)c4ccc([nH]4)c(-c4c(C)cc(C)cc4C)c4ccc([nH]4)c(-c4ccc(CC#N)cc4)c4nc2C=C4)C=C3)c(C)c1. The van der Waals surface area contributed by atoms with Crippen LogP contribution in [-0.4, -0.2) is 19.9 Å². The van der Waals surface area contributed by atoms with Crippen molar-refractivity contribution in [2.24, 2.45) is 0 Å². The van der Waals surface area contributed by atoms with Gasteiger partial charge in [-0.05, 0) is 146 Å². The number of aryl methyl sites for hydroxylation is 6. The molecule has 0 atom stereocenters. The molecule has 2 N–H and O–H groups in total. The number of rotatable bonds is 6. The van der Waals surface area contributed by atoms with Crippen LogP contribution in [0.2, 0.25) is 0 Å². The van der Waals surface area contributed by atoms with E-state index in [4.69, 9.17) is 9.97 Å². The standard InChI is InChI=1S/C54H44N6/c1-31-27-33(3)49(34(4)28-31)53-45-19-15-41(57-45)51(39-11-7-37(8-12-39)23-25-55)43-17-21-47(59-43)54(50-35(5)29-32(2)30-36(50)6)48-22-18-44(60-48)52(42-16-20-46(53)58-42)40-13-9-38(10-14-40)24-26-56/h7-22,27-30,57-58H,23-24H2,1-6H3. The summed E-state index contributed by atoms with van der Waals surface area (Å²) in [6.45, 7) is 13.0. The molecule has 290 valence electrons. The average molecular weight is 777 g/mol. The van der Waals surface area contributed by atoms with Crippen molar-refractivity contribution in [2.75, 3.05) is 0 Å². The number of H-pyrrole nitrogens is 2. The molecule has 0 radical (unpaired) electrons. The van der Waals surface area contributed by atoms with Crippen LogP contribution in [0.15, 0.2) is 97.1 Å². The molecule has 9 rings (SSSR count). The van der Waals surface area contributed by atoms with Crippen molar-refractivity contribution in [1.29, 1.82) is 10.5 Å². The van der Waals surface area contributed by atoms with E-state index in [1.165, 1.54) is 27.8 Å². The van der Waals surface area contributed by atoms with E-state index in [-0.39, 0.29) is 0 Å². The fourth-order valence-corrected chi connectivity index (χ4v) is 9.25. The second-order valence-electron chi connectivity index (χ2n) is 16.1. The van der Waals surface area contributed by atoms with Gasteiger partial charge in [0.15, 0.2) is 0 Å². The molecule has 0 spiro atoms. The Bertz CT molecular complexity index is 3010. The maximum absolute atomic E-state index is 9.44. The topological polar surface area (TPSA) is 105 Å². The Morgan fingerprint density at radius 1 is 0.400 bits per heavy atom. The molecule has 60 heavy (non-hydrogen) atoms. The molecule has 2 aliphatic heterocycles. The number of fused-ring (bicyclic) bond motifs is 8. The number of benzene rings is 4. The molecule has 0 fully saturated rings. The predicted octanol–water partition coefficient (Wildman–Crippen LogP) is 13.3. The van der Waals surface area contributed by atoms with Crippen molar-refractivity contribution in [3.05, 3.63) is 164 Å². The number of nitriles is 2. The Morgan fingerprint density at radius 2 is 0.717 bits per heavy atom. The molecule has 8 bridgehead atoms. The van der Waals surface area contributed by atoms with Crippen molar-refractivity contribution >= 4 is 46.4 Å². The maximum atomic E-state index is 9.44. The van der Waals surface area contributed by atoms with Crippen molar-refractivity contribution in [2.45, 2.75) is 54.4 Å². The Hall–Kier alpha value is -7.54. The van der Waals surface area contributed by atoms with Gasteiger partial charge in [0.05, 0.1) is 47.8 Å². The van der Waals surface area contributed by atoms with Gasteiger partial charge in [-0.2, -0.15) is 10.5 Å². The Morgan fingerprint density at radius 3 is 1.07 bits per heavy atom. The molecule has 4 aromatic carbocycles. The van der Waals surface area contributed by atoms with Crippen LogP contribution in [-0.2, 0) is 12.8 Å². The molecular weight excluding hydrogens is 733 g/mol. The largest absolute Gasteiger partial charge is 0.354 e. The summed E-state index contributed by atoms with van der Waals surface area (Å²) in [7, 11) is 0. The van der Waals surface area contributed by atoms with Crippen LogP contribution in [0.5, 0.6) is 0 Å². The number of nitrogens with zero attached hydrogens (tertiary/aromatic N) is 4. The highest BCUT2D eigenvalue weighted by atomic mass is 14.8. The second kappa shape index (κ2) is 15.3. The lowest BCUT2D eigenvalue weighted by molar-refractivity contribution is 1.25. The zero-order valence-electron chi connectivity index (χ0n) is 34.8. The van der Waals surface area contributed by atoms with E-state index in [9.17, 15) is 10.5 Å². The number of hydrogen-bond acceptors (Lipinski definition) is 4. The van der Waals surface area contributed by atoms with Crippen molar-refractivity contribution in [3.63, 3.8) is 0 Å². The van der Waals surface area contributed by atoms with Gasteiger partial charge < -0.3 is 9.97 Å². The minimum atomic E-state index is 0.348. The van der Waals surface area contributed by atoms with Crippen molar-refractivity contribution < 1.29 is 0 Å². The summed E-state index contributed by atoms with van der Waals surface area (Å²) in [6.07, 6.45) is 9.17. The molecule has 0 amide bonds. The van der Waals surface area contributed by atoms with Gasteiger partial charge in [0.2, 0.25) is 0 Å². The molecule has 0 unspecified atom stereocenters. The lowest BCUT2D eigenvalue weighted by atomic mass is 9.92. The quantitative estimate of drug-likeness (QED) is 0.175. The zero-order chi connectivity index (χ0) is 41.7. The molecule has 5 heterocycles. The molecule has 6 heteroatoms. The van der Waals surface area contributed by atoms with E-state index in [0.29, 0.717) is 12.8 Å². The summed E-state index contributed by atoms with van der Waals surface area (Å²) in [5, 5.41) is 18.9. The number of hydrogen-bond donors (Lipinski definition) is 2. The lowest BCUT2D eigenvalue weighted by Gasteiger charge is -2.14. The predicted molar refractivity (Wildman–Crippen MR) is 248 cm³/mol. The fraction of sp³-hybridized carbons (Fsp3) is 0.148. The van der Waals surface area contributed by atoms with Crippen LogP contribution in [0, 0.1) is 64.2 Å². The first kappa shape index (κ1) is 38.0. The highest BCUT2D eigenvalue weighted by Crippen LogP contribution is 2.41. The number of aromatic nitrogens is 4. The Labute approximate surface area is 350 Å². The summed E-state index contributed by atoms with van der Waals surface area (Å²) >= 11 is 0. The van der Waals surface area contributed by atoms with Crippen LogP contribution in [0.1, 0.15) is 67.3 Å². The molecule has 3 aromatic heterocycles. The van der Waals surface area contributed by atoms with Gasteiger partial charge in [-0.1, -0.05) is 83.9 Å². The van der Waals surface area contributed by atoms with Crippen LogP contribution in [0.3, 0.4) is 0 Å². The first-order valence-electron chi connectivity index (χ1n) is 20.4. The van der Waals surface area contributed by atoms with Crippen molar-refractivity contribution in [3.8, 4) is 56.6 Å². The molecule has 6 nitrogen and oxygen atoms in total. The molecule has 7 aromatic rings. The summed E-state index contributed by atoms with van der Waals surface area (Å²) in [5.41, 5.74) is 24.5. The first-order valence-corrected chi connectivity index (χ1v) is 20.4. The molecule has 2 aliphatic rings. The second-order valence-corrected chi connectivity index (χ2v) is 16.1. The third kappa shape index (κ3) is 6.83. The van der Waals surface area contributed by atoms with Gasteiger partial charge in [0, 0.05) is 44.3 Å². The van der Waals surface area contributed by atoms with Crippen molar-refractivity contribution in [1.82, 2.24) is 19.9 Å². The first-order chi connectivity index (χ1) is 29.1. The summed E-state index contributed by atoms with van der Waals surface area (Å²) in [6, 6.07) is 38.7. The molecule has 0 aliphatic carbocycles. The highest BCUT2D eigenvalue weighted by molar-refractivity contribution is 6.01. The van der Waals surface area contributed by atoms with Crippen LogP contribution in [0.25, 0.3) is 90.9 Å². The summed E-state index contributed by atoms with van der Waals surface area (Å²) in [5.74, 6) is 0. The smallest absolute Gasteiger partial charge is 0.0738 e. The molecular formula is C54H44N6. The van der Waals surface area contributed by atoms with E-state index in [0.717, 1.165) is 106 Å². The van der Waals surface area contributed by atoms with E-state index in [2.05, 4.69) is 161 Å². The Balaban J connectivity index is 1.48. The van der Waals surface area contributed by atoms with Gasteiger partial charge >= 0.3 is 0 Å². The minimum Gasteiger partial charge on any atom is -0.354 e. The highest BCUT2D eigenvalue weighted by Gasteiger charge is 2.22. The summed E-state index contributed by atoms with van der Waals surface area (Å²) < 4.78 is 0. The molecule has 0 saturated heterocycles. The molecule has 0 saturated carbocycles. The van der Waals surface area contributed by atoms with E-state index in [1.54, 1.807) is 0 Å². The fourth-order valence-electron chi connectivity index (χ4n) is 9.25. The van der Waals surface area contributed by atoms with Gasteiger partial charge in [-0.15, -0.1) is 0 Å². The number of aromatic amines is 2. The zero-order valence-corrected chi connectivity index (χ0v) is 34.8. The third-order valence-electron chi connectivity index (χ3n) is 11.7. The van der Waals surface area contributed by atoms with Gasteiger partial charge in [-0.25, -0.2) is 9.97 Å². The van der Waals surface area contributed by atoms with E-state index < -0.39 is 0 Å². The van der Waals surface area contributed by atoms with Crippen LogP contribution >= 0.6 is 0 Å². The lowest BCUT2D eigenvalue weighted by Crippen LogP contribution is -1.96. The summed E-state index contributed by atoms with van der Waals surface area (Å²) in [4.78, 5) is 18.7. The van der Waals surface area contributed by atoms with E-state index >= 15 is 0 Å². The Kier molecular flexibility index (Phi) is 9.71. The normalized spacial score (nSPS) is 11.8. The number of nitrogens with one attached hydrogen (secondary N) is 2. The van der Waals surface area contributed by atoms with Gasteiger partial charge in [0.1, 0.15) is 0 Å². The average Bonchev–Trinajstić information content (AvgIpc) is 4.06. The van der Waals surface area contributed by atoms with E-state index in [1.807, 2.05) is 24.3 Å². The van der Waals surface area contributed by atoms with Gasteiger partial charge in [-0.3, -0.25) is 0 Å². The van der Waals surface area contributed by atoms with Crippen LogP contribution < -0.4 is 0 Å². The maximum Gasteiger partial charge on any atom is 0.0738 e.